The van der Waals surface area contributed by atoms with Crippen LogP contribution in [0.5, 0.6) is 0 Å². The normalized spacial score (nSPS) is 7.40. The molecule has 1 aromatic carbocycles. The van der Waals surface area contributed by atoms with Crippen molar-refractivity contribution in [3.63, 3.8) is 0 Å². The third-order valence-corrected chi connectivity index (χ3v) is 1.43. The topological polar surface area (TPSA) is 31.5 Å². The van der Waals surface area contributed by atoms with Crippen molar-refractivity contribution in [1.29, 1.82) is 0 Å². The molecule has 0 amide bonds. The van der Waals surface area contributed by atoms with Crippen molar-refractivity contribution in [1.82, 2.24) is 0 Å². The predicted molar refractivity (Wildman–Crippen MR) is 45.3 cm³/mol. The summed E-state index contributed by atoms with van der Waals surface area (Å²) in [4.78, 5) is 0. The van der Waals surface area contributed by atoms with E-state index in [1.165, 1.54) is 11.1 Å². The molecule has 0 spiro atoms. The van der Waals surface area contributed by atoms with Gasteiger partial charge in [-0.05, 0) is 25.0 Å². The zero-order valence-corrected chi connectivity index (χ0v) is 6.39. The standard InChI is InChI=1S/C8H10.B.H2O/c1-7-5-3-4-6-8(7)2;;/h3-6H,1-2H3;;1H2. The lowest BCUT2D eigenvalue weighted by Crippen LogP contribution is -1.74. The third-order valence-electron chi connectivity index (χ3n) is 1.43. The minimum Gasteiger partial charge on any atom is -0.412 e. The summed E-state index contributed by atoms with van der Waals surface area (Å²) in [6.45, 7) is 4.24. The predicted octanol–water partition coefficient (Wildman–Crippen LogP) is 1.10. The Kier molecular flexibility index (Phi) is 6.06. The monoisotopic (exact) mass is 135 g/mol. The molecule has 3 radical (unpaired) electrons. The fourth-order valence-corrected chi connectivity index (χ4v) is 0.663. The summed E-state index contributed by atoms with van der Waals surface area (Å²) < 4.78 is 0. The van der Waals surface area contributed by atoms with E-state index in [-0.39, 0.29) is 13.9 Å². The first-order valence-electron chi connectivity index (χ1n) is 2.83. The second-order valence-electron chi connectivity index (χ2n) is 2.08. The summed E-state index contributed by atoms with van der Waals surface area (Å²) in [6, 6.07) is 8.36. The molecular weight excluding hydrogens is 123 g/mol. The van der Waals surface area contributed by atoms with Crippen LogP contribution < -0.4 is 0 Å². The van der Waals surface area contributed by atoms with Crippen molar-refractivity contribution >= 4 is 8.41 Å². The van der Waals surface area contributed by atoms with E-state index >= 15 is 0 Å². The Morgan fingerprint density at radius 3 is 1.40 bits per heavy atom. The lowest BCUT2D eigenvalue weighted by molar-refractivity contribution is 0.824. The molecule has 0 atom stereocenters. The Bertz CT molecular complexity index is 165. The SMILES string of the molecule is Cc1ccccc1C.O.[B]. The van der Waals surface area contributed by atoms with Gasteiger partial charge in [0.1, 0.15) is 0 Å². The van der Waals surface area contributed by atoms with Gasteiger partial charge in [0, 0.05) is 8.41 Å². The van der Waals surface area contributed by atoms with Gasteiger partial charge in [-0.3, -0.25) is 0 Å². The average Bonchev–Trinajstić information content (AvgIpc) is 1.77. The minimum atomic E-state index is 0. The number of hydrogen-bond donors (Lipinski definition) is 0. The molecule has 0 aliphatic carbocycles. The van der Waals surface area contributed by atoms with Crippen molar-refractivity contribution in [3.05, 3.63) is 35.4 Å². The summed E-state index contributed by atoms with van der Waals surface area (Å²) in [5, 5.41) is 0. The van der Waals surface area contributed by atoms with Crippen LogP contribution in [-0.2, 0) is 0 Å². The van der Waals surface area contributed by atoms with Crippen molar-refractivity contribution in [2.45, 2.75) is 13.8 Å². The second-order valence-corrected chi connectivity index (χ2v) is 2.08. The maximum atomic E-state index is 2.12. The number of hydrogen-bond acceptors (Lipinski definition) is 0. The summed E-state index contributed by atoms with van der Waals surface area (Å²) in [5.74, 6) is 0. The van der Waals surface area contributed by atoms with Crippen LogP contribution in [-0.4, -0.2) is 13.9 Å². The van der Waals surface area contributed by atoms with Crippen LogP contribution in [0.1, 0.15) is 11.1 Å². The van der Waals surface area contributed by atoms with Gasteiger partial charge in [-0.25, -0.2) is 0 Å². The smallest absolute Gasteiger partial charge is 0 e. The fraction of sp³-hybridized carbons (Fsp3) is 0.250. The number of rotatable bonds is 0. The van der Waals surface area contributed by atoms with E-state index in [9.17, 15) is 0 Å². The van der Waals surface area contributed by atoms with Gasteiger partial charge < -0.3 is 5.48 Å². The van der Waals surface area contributed by atoms with Gasteiger partial charge in [-0.1, -0.05) is 24.3 Å². The van der Waals surface area contributed by atoms with Gasteiger partial charge in [-0.2, -0.15) is 0 Å². The lowest BCUT2D eigenvalue weighted by atomic mass is 10.1. The molecule has 2 N–H and O–H groups in total. The van der Waals surface area contributed by atoms with E-state index < -0.39 is 0 Å². The molecule has 0 saturated carbocycles. The van der Waals surface area contributed by atoms with Crippen LogP contribution in [0, 0.1) is 13.8 Å². The van der Waals surface area contributed by atoms with Crippen molar-refractivity contribution in [2.24, 2.45) is 0 Å². The zero-order valence-electron chi connectivity index (χ0n) is 6.39. The summed E-state index contributed by atoms with van der Waals surface area (Å²) in [7, 11) is 0. The zero-order chi connectivity index (χ0) is 5.98. The van der Waals surface area contributed by atoms with Crippen LogP contribution >= 0.6 is 0 Å². The van der Waals surface area contributed by atoms with E-state index in [4.69, 9.17) is 0 Å². The number of benzene rings is 1. The quantitative estimate of drug-likeness (QED) is 0.477. The second kappa shape index (κ2) is 5.06. The van der Waals surface area contributed by atoms with Crippen molar-refractivity contribution in [2.75, 3.05) is 0 Å². The van der Waals surface area contributed by atoms with E-state index in [2.05, 4.69) is 38.1 Å². The molecule has 2 heteroatoms. The maximum Gasteiger partial charge on any atom is 0 e. The van der Waals surface area contributed by atoms with Crippen LogP contribution in [0.25, 0.3) is 0 Å². The molecule has 0 bridgehead atoms. The molecule has 10 heavy (non-hydrogen) atoms. The first kappa shape index (κ1) is 12.0. The molecule has 0 heterocycles. The Hall–Kier alpha value is -0.755. The van der Waals surface area contributed by atoms with Crippen LogP contribution in [0.3, 0.4) is 0 Å². The Morgan fingerprint density at radius 2 is 1.20 bits per heavy atom. The highest BCUT2D eigenvalue weighted by Gasteiger charge is 1.83. The van der Waals surface area contributed by atoms with Gasteiger partial charge in [0.05, 0.1) is 0 Å². The van der Waals surface area contributed by atoms with E-state index in [0.717, 1.165) is 0 Å². The Balaban J connectivity index is 0. The largest absolute Gasteiger partial charge is 0.412 e. The highest BCUT2D eigenvalue weighted by atomic mass is 16.0. The highest BCUT2D eigenvalue weighted by Crippen LogP contribution is 2.02. The molecular formula is C8H12BO. The van der Waals surface area contributed by atoms with Crippen LogP contribution in [0.2, 0.25) is 0 Å². The Morgan fingerprint density at radius 1 is 0.900 bits per heavy atom. The number of aryl methyl sites for hydroxylation is 2. The molecule has 0 aliphatic rings. The molecule has 0 fully saturated rings. The molecule has 0 unspecified atom stereocenters. The first-order valence-corrected chi connectivity index (χ1v) is 2.83. The molecule has 1 nitrogen and oxygen atoms in total. The molecule has 1 rings (SSSR count). The Labute approximate surface area is 64.0 Å². The summed E-state index contributed by atoms with van der Waals surface area (Å²) in [6.07, 6.45) is 0. The highest BCUT2D eigenvalue weighted by molar-refractivity contribution is 5.75. The summed E-state index contributed by atoms with van der Waals surface area (Å²) in [5.41, 5.74) is 2.74. The van der Waals surface area contributed by atoms with E-state index in [0.29, 0.717) is 0 Å². The lowest BCUT2D eigenvalue weighted by Gasteiger charge is -1.93. The molecule has 0 saturated heterocycles. The van der Waals surface area contributed by atoms with Crippen LogP contribution in [0.4, 0.5) is 0 Å². The average molecular weight is 135 g/mol. The molecule has 1 aromatic rings. The molecule has 0 aromatic heterocycles. The van der Waals surface area contributed by atoms with Gasteiger partial charge in [-0.15, -0.1) is 0 Å². The van der Waals surface area contributed by atoms with Gasteiger partial charge in [0.2, 0.25) is 0 Å². The van der Waals surface area contributed by atoms with Gasteiger partial charge in [0.25, 0.3) is 0 Å². The summed E-state index contributed by atoms with van der Waals surface area (Å²) >= 11 is 0. The van der Waals surface area contributed by atoms with Crippen molar-refractivity contribution < 1.29 is 5.48 Å². The van der Waals surface area contributed by atoms with E-state index in [1.54, 1.807) is 0 Å². The molecule has 0 aliphatic heterocycles. The first-order chi connectivity index (χ1) is 3.80. The minimum absolute atomic E-state index is 0. The van der Waals surface area contributed by atoms with Crippen molar-refractivity contribution in [3.8, 4) is 0 Å². The van der Waals surface area contributed by atoms with Gasteiger partial charge in [0.15, 0.2) is 0 Å². The fourth-order valence-electron chi connectivity index (χ4n) is 0.663. The third kappa shape index (κ3) is 2.69. The maximum absolute atomic E-state index is 2.12. The van der Waals surface area contributed by atoms with E-state index in [1.807, 2.05) is 0 Å². The van der Waals surface area contributed by atoms with Gasteiger partial charge >= 0.3 is 0 Å². The molecule has 53 valence electrons. The van der Waals surface area contributed by atoms with Crippen LogP contribution in [0.15, 0.2) is 24.3 Å².